The van der Waals surface area contributed by atoms with Gasteiger partial charge in [-0.15, -0.1) is 0 Å². The van der Waals surface area contributed by atoms with Crippen LogP contribution in [0.4, 0.5) is 15.8 Å². The molecule has 31 heavy (non-hydrogen) atoms. The minimum absolute atomic E-state index is 0.234. The number of allylic oxidation sites excluding steroid dienone is 1. The van der Waals surface area contributed by atoms with Crippen molar-refractivity contribution in [1.82, 2.24) is 0 Å². The molecule has 3 aromatic carbocycles. The molecule has 0 saturated carbocycles. The van der Waals surface area contributed by atoms with E-state index in [1.165, 1.54) is 18.7 Å². The van der Waals surface area contributed by atoms with E-state index >= 15 is 0 Å². The van der Waals surface area contributed by atoms with Gasteiger partial charge in [0.25, 0.3) is 0 Å². The molecule has 2 aliphatic rings. The van der Waals surface area contributed by atoms with Crippen LogP contribution in [0.1, 0.15) is 31.9 Å². The predicted molar refractivity (Wildman–Crippen MR) is 124 cm³/mol. The zero-order valence-electron chi connectivity index (χ0n) is 17.9. The lowest BCUT2D eigenvalue weighted by atomic mass is 9.82. The van der Waals surface area contributed by atoms with E-state index in [-0.39, 0.29) is 17.1 Å². The number of hydrogen-bond donors (Lipinski definition) is 0. The van der Waals surface area contributed by atoms with Crippen LogP contribution in [0.5, 0.6) is 11.5 Å². The van der Waals surface area contributed by atoms with Gasteiger partial charge in [0.1, 0.15) is 12.4 Å². The minimum atomic E-state index is -0.381. The van der Waals surface area contributed by atoms with Crippen LogP contribution >= 0.6 is 11.6 Å². The first-order valence-electron chi connectivity index (χ1n) is 10.2. The van der Waals surface area contributed by atoms with Gasteiger partial charge >= 0.3 is 0 Å². The van der Waals surface area contributed by atoms with Gasteiger partial charge in [-0.25, -0.2) is 4.39 Å². The van der Waals surface area contributed by atoms with Crippen molar-refractivity contribution in [2.75, 3.05) is 12.0 Å². The molecule has 0 radical (unpaired) electrons. The molecule has 0 fully saturated rings. The summed E-state index contributed by atoms with van der Waals surface area (Å²) in [6.07, 6.45) is 2.23. The smallest absolute Gasteiger partial charge is 0.167 e. The van der Waals surface area contributed by atoms with Crippen molar-refractivity contribution >= 4 is 28.5 Å². The van der Waals surface area contributed by atoms with Crippen LogP contribution in [0, 0.1) is 5.82 Å². The molecule has 0 saturated heterocycles. The Bertz CT molecular complexity index is 1250. The van der Waals surface area contributed by atoms with E-state index in [0.717, 1.165) is 39.4 Å². The second-order valence-corrected chi connectivity index (χ2v) is 8.99. The van der Waals surface area contributed by atoms with E-state index in [4.69, 9.17) is 21.1 Å². The number of anilines is 2. The van der Waals surface area contributed by atoms with Crippen molar-refractivity contribution in [3.8, 4) is 22.6 Å². The Kier molecular flexibility index (Phi) is 4.52. The van der Waals surface area contributed by atoms with Gasteiger partial charge in [-0.05, 0) is 68.3 Å². The van der Waals surface area contributed by atoms with Gasteiger partial charge in [0.15, 0.2) is 11.6 Å². The Balaban J connectivity index is 1.73. The Labute approximate surface area is 186 Å². The lowest BCUT2D eigenvalue weighted by molar-refractivity contribution is 0.302. The number of methoxy groups -OCH3 is 1. The van der Waals surface area contributed by atoms with Crippen LogP contribution in [-0.4, -0.2) is 12.6 Å². The topological polar surface area (TPSA) is 21.7 Å². The fourth-order valence-corrected chi connectivity index (χ4v) is 5.07. The number of fused-ring (bicyclic) bond motifs is 5. The molecule has 3 aromatic rings. The number of rotatable bonds is 2. The highest BCUT2D eigenvalue weighted by molar-refractivity contribution is 6.31. The molecule has 0 atom stereocenters. The van der Waals surface area contributed by atoms with E-state index in [1.807, 2.05) is 24.3 Å². The molecule has 0 N–H and O–H groups in total. The highest BCUT2D eigenvalue weighted by Crippen LogP contribution is 2.50. The highest BCUT2D eigenvalue weighted by Gasteiger charge is 2.35. The van der Waals surface area contributed by atoms with Crippen LogP contribution in [0.2, 0.25) is 5.02 Å². The lowest BCUT2D eigenvalue weighted by Gasteiger charge is -2.44. The average molecular weight is 436 g/mol. The van der Waals surface area contributed by atoms with Gasteiger partial charge in [-0.3, -0.25) is 0 Å². The molecular weight excluding hydrogens is 413 g/mol. The maximum atomic E-state index is 14.6. The molecule has 0 amide bonds. The third kappa shape index (κ3) is 3.09. The van der Waals surface area contributed by atoms with Crippen molar-refractivity contribution in [3.63, 3.8) is 0 Å². The quantitative estimate of drug-likeness (QED) is 0.419. The molecule has 5 heteroatoms. The van der Waals surface area contributed by atoms with E-state index in [1.54, 1.807) is 6.07 Å². The second kappa shape index (κ2) is 7.03. The van der Waals surface area contributed by atoms with Crippen LogP contribution in [0.3, 0.4) is 0 Å². The Morgan fingerprint density at radius 2 is 1.87 bits per heavy atom. The Morgan fingerprint density at radius 1 is 1.06 bits per heavy atom. The van der Waals surface area contributed by atoms with Gasteiger partial charge in [0.2, 0.25) is 0 Å². The normalized spacial score (nSPS) is 15.9. The standard InChI is InChI=1S/C26H23ClFNO2/c1-15-13-26(2,3)29(17-6-10-24(30-4)21(28)12-17)22-8-7-18-19-11-16(27)5-9-23(19)31-14-20(18)25(15)22/h5-13H,14H2,1-4H3. The Hall–Kier alpha value is -2.98. The zero-order chi connectivity index (χ0) is 21.9. The van der Waals surface area contributed by atoms with Gasteiger partial charge in [-0.2, -0.15) is 0 Å². The highest BCUT2D eigenvalue weighted by atomic mass is 35.5. The molecule has 0 spiro atoms. The second-order valence-electron chi connectivity index (χ2n) is 8.55. The Morgan fingerprint density at radius 3 is 2.61 bits per heavy atom. The van der Waals surface area contributed by atoms with E-state index < -0.39 is 0 Å². The van der Waals surface area contributed by atoms with E-state index in [2.05, 4.69) is 43.9 Å². The van der Waals surface area contributed by atoms with Crippen LogP contribution in [0.25, 0.3) is 16.7 Å². The number of halogens is 2. The molecule has 0 aromatic heterocycles. The van der Waals surface area contributed by atoms with Crippen molar-refractivity contribution in [2.45, 2.75) is 32.9 Å². The summed E-state index contributed by atoms with van der Waals surface area (Å²) in [6, 6.07) is 15.0. The summed E-state index contributed by atoms with van der Waals surface area (Å²) in [6.45, 7) is 6.86. The largest absolute Gasteiger partial charge is 0.494 e. The summed E-state index contributed by atoms with van der Waals surface area (Å²) in [7, 11) is 1.47. The van der Waals surface area contributed by atoms with Crippen LogP contribution in [-0.2, 0) is 6.61 Å². The number of nitrogens with zero attached hydrogens (tertiary/aromatic N) is 1. The summed E-state index contributed by atoms with van der Waals surface area (Å²) in [4.78, 5) is 2.17. The minimum Gasteiger partial charge on any atom is -0.494 e. The van der Waals surface area contributed by atoms with Crippen molar-refractivity contribution in [3.05, 3.63) is 76.6 Å². The summed E-state index contributed by atoms with van der Waals surface area (Å²) in [5, 5.41) is 0.677. The summed E-state index contributed by atoms with van der Waals surface area (Å²) in [5.41, 5.74) is 7.00. The third-order valence-electron chi connectivity index (χ3n) is 6.07. The monoisotopic (exact) mass is 435 g/mol. The molecule has 2 heterocycles. The van der Waals surface area contributed by atoms with Gasteiger partial charge in [-0.1, -0.05) is 23.7 Å². The first kappa shape index (κ1) is 20.0. The predicted octanol–water partition coefficient (Wildman–Crippen LogP) is 7.38. The fourth-order valence-electron chi connectivity index (χ4n) is 4.90. The molecule has 2 aliphatic heterocycles. The zero-order valence-corrected chi connectivity index (χ0v) is 18.7. The number of hydrogen-bond acceptors (Lipinski definition) is 3. The summed E-state index contributed by atoms with van der Waals surface area (Å²) in [5.74, 6) is 0.690. The van der Waals surface area contributed by atoms with Crippen molar-refractivity contribution in [2.24, 2.45) is 0 Å². The molecule has 5 rings (SSSR count). The molecular formula is C26H23ClFNO2. The van der Waals surface area contributed by atoms with Gasteiger partial charge in [0, 0.05) is 39.2 Å². The number of ether oxygens (including phenoxy) is 2. The maximum absolute atomic E-state index is 14.6. The SMILES string of the molecule is COc1ccc(N2c3ccc4c(c3C(C)=CC2(C)C)COc2ccc(Cl)cc2-4)cc1F. The number of benzene rings is 3. The summed E-state index contributed by atoms with van der Waals surface area (Å²) >= 11 is 6.27. The first-order valence-corrected chi connectivity index (χ1v) is 10.6. The first-order chi connectivity index (χ1) is 14.8. The van der Waals surface area contributed by atoms with Crippen LogP contribution < -0.4 is 14.4 Å². The van der Waals surface area contributed by atoms with E-state index in [0.29, 0.717) is 11.6 Å². The average Bonchev–Trinajstić information content (AvgIpc) is 2.72. The lowest BCUT2D eigenvalue weighted by Crippen LogP contribution is -2.42. The van der Waals surface area contributed by atoms with Crippen molar-refractivity contribution in [1.29, 1.82) is 0 Å². The molecule has 0 unspecified atom stereocenters. The summed E-state index contributed by atoms with van der Waals surface area (Å²) < 4.78 is 25.8. The molecule has 0 bridgehead atoms. The maximum Gasteiger partial charge on any atom is 0.167 e. The van der Waals surface area contributed by atoms with Gasteiger partial charge < -0.3 is 14.4 Å². The van der Waals surface area contributed by atoms with Gasteiger partial charge in [0.05, 0.1) is 12.6 Å². The van der Waals surface area contributed by atoms with Crippen molar-refractivity contribution < 1.29 is 13.9 Å². The van der Waals surface area contributed by atoms with Crippen LogP contribution in [0.15, 0.2) is 54.6 Å². The fraction of sp³-hybridized carbons (Fsp3) is 0.231. The molecule has 0 aliphatic carbocycles. The third-order valence-corrected chi connectivity index (χ3v) is 6.30. The molecule has 158 valence electrons. The van der Waals surface area contributed by atoms with E-state index in [9.17, 15) is 4.39 Å². The molecule has 3 nitrogen and oxygen atoms in total.